The third-order valence-corrected chi connectivity index (χ3v) is 2.33. The fraction of sp³-hybridized carbons (Fsp3) is 0.429. The van der Waals surface area contributed by atoms with Gasteiger partial charge in [0.2, 0.25) is 0 Å². The molecule has 1 aromatic heterocycles. The van der Waals surface area contributed by atoms with E-state index < -0.39 is 5.82 Å². The molecule has 0 aliphatic heterocycles. The van der Waals surface area contributed by atoms with Crippen LogP contribution in [0.15, 0.2) is 17.6 Å². The van der Waals surface area contributed by atoms with Gasteiger partial charge in [0.05, 0.1) is 12.4 Å². The smallest absolute Gasteiger partial charge is 0.187 e. The highest BCUT2D eigenvalue weighted by atomic mass is 35.5. The first kappa shape index (κ1) is 9.74. The van der Waals surface area contributed by atoms with Crippen molar-refractivity contribution in [1.29, 1.82) is 0 Å². The van der Waals surface area contributed by atoms with E-state index in [0.717, 1.165) is 24.6 Å². The largest absolute Gasteiger partial charge is 0.228 e. The van der Waals surface area contributed by atoms with Gasteiger partial charge in [0, 0.05) is 11.6 Å². The van der Waals surface area contributed by atoms with Crippen molar-refractivity contribution in [2.75, 3.05) is 11.6 Å². The average molecular weight is 207 g/mol. The van der Waals surface area contributed by atoms with Crippen molar-refractivity contribution in [3.63, 3.8) is 0 Å². The standard InChI is InChI=1S/C7H8ClFN2S/c8-2-1-3-12-7-10-4-6(9)5-11-7/h4-5H,1-3H2. The van der Waals surface area contributed by atoms with E-state index >= 15 is 0 Å². The maximum Gasteiger partial charge on any atom is 0.187 e. The molecule has 12 heavy (non-hydrogen) atoms. The zero-order valence-corrected chi connectivity index (χ0v) is 7.91. The van der Waals surface area contributed by atoms with Gasteiger partial charge < -0.3 is 0 Å². The van der Waals surface area contributed by atoms with Crippen LogP contribution in [0.3, 0.4) is 0 Å². The van der Waals surface area contributed by atoms with Crippen molar-refractivity contribution >= 4 is 23.4 Å². The normalized spacial score (nSPS) is 10.2. The summed E-state index contributed by atoms with van der Waals surface area (Å²) in [7, 11) is 0. The van der Waals surface area contributed by atoms with Gasteiger partial charge in [-0.15, -0.1) is 11.6 Å². The van der Waals surface area contributed by atoms with Gasteiger partial charge in [0.25, 0.3) is 0 Å². The molecule has 0 aliphatic carbocycles. The van der Waals surface area contributed by atoms with Crippen LogP contribution in [-0.4, -0.2) is 21.6 Å². The molecule has 0 saturated heterocycles. The molecule has 0 bridgehead atoms. The van der Waals surface area contributed by atoms with Crippen LogP contribution in [-0.2, 0) is 0 Å². The Morgan fingerprint density at radius 2 is 2.08 bits per heavy atom. The highest BCUT2D eigenvalue weighted by Gasteiger charge is 1.96. The lowest BCUT2D eigenvalue weighted by molar-refractivity contribution is 0.605. The number of nitrogens with zero attached hydrogens (tertiary/aromatic N) is 2. The van der Waals surface area contributed by atoms with Crippen molar-refractivity contribution in [3.8, 4) is 0 Å². The number of aromatic nitrogens is 2. The summed E-state index contributed by atoms with van der Waals surface area (Å²) in [4.78, 5) is 7.57. The van der Waals surface area contributed by atoms with Crippen molar-refractivity contribution in [2.45, 2.75) is 11.6 Å². The second-order valence-corrected chi connectivity index (χ2v) is 3.51. The first-order valence-electron chi connectivity index (χ1n) is 3.49. The predicted octanol–water partition coefficient (Wildman–Crippen LogP) is 2.34. The van der Waals surface area contributed by atoms with Crippen molar-refractivity contribution in [2.24, 2.45) is 0 Å². The van der Waals surface area contributed by atoms with Crippen LogP contribution in [0.25, 0.3) is 0 Å². The maximum absolute atomic E-state index is 12.3. The Labute approximate surface area is 79.6 Å². The molecule has 1 aromatic rings. The van der Waals surface area contributed by atoms with Crippen molar-refractivity contribution in [1.82, 2.24) is 9.97 Å². The fourth-order valence-corrected chi connectivity index (χ4v) is 1.61. The van der Waals surface area contributed by atoms with Crippen LogP contribution in [0.5, 0.6) is 0 Å². The van der Waals surface area contributed by atoms with Gasteiger partial charge in [0.15, 0.2) is 11.0 Å². The molecule has 2 nitrogen and oxygen atoms in total. The summed E-state index contributed by atoms with van der Waals surface area (Å²) in [5, 5.41) is 0.599. The molecular formula is C7H8ClFN2S. The van der Waals surface area contributed by atoms with E-state index in [4.69, 9.17) is 11.6 Å². The molecule has 1 heterocycles. The van der Waals surface area contributed by atoms with Gasteiger partial charge in [0.1, 0.15) is 0 Å². The summed E-state index contributed by atoms with van der Waals surface area (Å²) in [6.45, 7) is 0. The molecular weight excluding hydrogens is 199 g/mol. The lowest BCUT2D eigenvalue weighted by Crippen LogP contribution is -1.89. The van der Waals surface area contributed by atoms with Crippen LogP contribution in [0, 0.1) is 5.82 Å². The van der Waals surface area contributed by atoms with Gasteiger partial charge in [-0.2, -0.15) is 0 Å². The first-order chi connectivity index (χ1) is 5.83. The highest BCUT2D eigenvalue weighted by Crippen LogP contribution is 2.12. The Morgan fingerprint density at radius 1 is 1.42 bits per heavy atom. The molecule has 0 spiro atoms. The monoisotopic (exact) mass is 206 g/mol. The van der Waals surface area contributed by atoms with Crippen molar-refractivity contribution < 1.29 is 4.39 Å². The van der Waals surface area contributed by atoms with Crippen LogP contribution in [0.4, 0.5) is 4.39 Å². The van der Waals surface area contributed by atoms with Gasteiger partial charge >= 0.3 is 0 Å². The van der Waals surface area contributed by atoms with E-state index in [1.807, 2.05) is 0 Å². The Morgan fingerprint density at radius 3 is 2.67 bits per heavy atom. The average Bonchev–Trinajstić information content (AvgIpc) is 2.09. The Balaban J connectivity index is 2.37. The number of hydrogen-bond acceptors (Lipinski definition) is 3. The zero-order valence-electron chi connectivity index (χ0n) is 6.33. The molecule has 0 radical (unpaired) electrons. The Hall–Kier alpha value is -0.350. The molecule has 0 N–H and O–H groups in total. The lowest BCUT2D eigenvalue weighted by Gasteiger charge is -1.96. The van der Waals surface area contributed by atoms with Crippen molar-refractivity contribution in [3.05, 3.63) is 18.2 Å². The minimum absolute atomic E-state index is 0.406. The number of rotatable bonds is 4. The Bertz CT molecular complexity index is 229. The minimum atomic E-state index is -0.406. The second-order valence-electron chi connectivity index (χ2n) is 2.07. The molecule has 0 aliphatic rings. The number of hydrogen-bond donors (Lipinski definition) is 0. The molecule has 66 valence electrons. The maximum atomic E-state index is 12.3. The third kappa shape index (κ3) is 3.36. The van der Waals surface area contributed by atoms with E-state index in [9.17, 15) is 4.39 Å². The number of halogens is 2. The molecule has 0 saturated carbocycles. The van der Waals surface area contributed by atoms with Crippen LogP contribution in [0.2, 0.25) is 0 Å². The quantitative estimate of drug-likeness (QED) is 0.327. The number of alkyl halides is 1. The van der Waals surface area contributed by atoms with Crippen LogP contribution >= 0.6 is 23.4 Å². The summed E-state index contributed by atoms with van der Waals surface area (Å²) in [6.07, 6.45) is 3.24. The molecule has 0 fully saturated rings. The number of thioether (sulfide) groups is 1. The third-order valence-electron chi connectivity index (χ3n) is 1.11. The minimum Gasteiger partial charge on any atom is -0.228 e. The molecule has 5 heteroatoms. The van der Waals surface area contributed by atoms with Gasteiger partial charge in [-0.25, -0.2) is 14.4 Å². The SMILES string of the molecule is Fc1cnc(SCCCCl)nc1. The topological polar surface area (TPSA) is 25.8 Å². The Kier molecular flexibility index (Phi) is 4.32. The van der Waals surface area contributed by atoms with E-state index in [1.54, 1.807) is 0 Å². The van der Waals surface area contributed by atoms with E-state index in [2.05, 4.69) is 9.97 Å². The fourth-order valence-electron chi connectivity index (χ4n) is 0.593. The summed E-state index contributed by atoms with van der Waals surface area (Å²) in [5.41, 5.74) is 0. The molecule has 1 rings (SSSR count). The van der Waals surface area contributed by atoms with Crippen LogP contribution in [0.1, 0.15) is 6.42 Å². The first-order valence-corrected chi connectivity index (χ1v) is 5.01. The van der Waals surface area contributed by atoms with Gasteiger partial charge in [-0.1, -0.05) is 11.8 Å². The zero-order chi connectivity index (χ0) is 8.81. The highest BCUT2D eigenvalue weighted by molar-refractivity contribution is 7.99. The molecule has 0 aromatic carbocycles. The van der Waals surface area contributed by atoms with Crippen LogP contribution < -0.4 is 0 Å². The summed E-state index contributed by atoms with van der Waals surface area (Å²) in [6, 6.07) is 0. The molecule has 0 unspecified atom stereocenters. The van der Waals surface area contributed by atoms with Gasteiger partial charge in [-0.3, -0.25) is 0 Å². The summed E-state index contributed by atoms with van der Waals surface area (Å²) < 4.78 is 12.3. The summed E-state index contributed by atoms with van der Waals surface area (Å²) in [5.74, 6) is 1.10. The lowest BCUT2D eigenvalue weighted by atomic mass is 10.6. The summed E-state index contributed by atoms with van der Waals surface area (Å²) >= 11 is 6.96. The predicted molar refractivity (Wildman–Crippen MR) is 48.1 cm³/mol. The van der Waals surface area contributed by atoms with E-state index in [-0.39, 0.29) is 0 Å². The van der Waals surface area contributed by atoms with E-state index in [0.29, 0.717) is 11.0 Å². The van der Waals surface area contributed by atoms with Gasteiger partial charge in [-0.05, 0) is 6.42 Å². The van der Waals surface area contributed by atoms with E-state index in [1.165, 1.54) is 11.8 Å². The molecule has 0 amide bonds. The second kappa shape index (κ2) is 5.32. The molecule has 0 atom stereocenters.